The van der Waals surface area contributed by atoms with Gasteiger partial charge in [0.25, 0.3) is 0 Å². The van der Waals surface area contributed by atoms with Crippen LogP contribution in [-0.4, -0.2) is 23.8 Å². The fraction of sp³-hybridized carbons (Fsp3) is 0.111. The van der Waals surface area contributed by atoms with Crippen LogP contribution in [0, 0.1) is 0 Å². The number of anilines is 1. The summed E-state index contributed by atoms with van der Waals surface area (Å²) in [6, 6.07) is 6.42. The average Bonchev–Trinajstić information content (AvgIpc) is 2.15. The van der Waals surface area contributed by atoms with E-state index in [1.54, 1.807) is 18.2 Å². The number of halogens is 1. The first-order valence-corrected chi connectivity index (χ1v) is 4.37. The van der Waals surface area contributed by atoms with Crippen LogP contribution in [0.3, 0.4) is 0 Å². The molecule has 1 aromatic rings. The van der Waals surface area contributed by atoms with Crippen molar-refractivity contribution in [2.24, 2.45) is 0 Å². The van der Waals surface area contributed by atoms with E-state index in [9.17, 15) is 9.59 Å². The summed E-state index contributed by atoms with van der Waals surface area (Å²) < 4.78 is 4.35. The van der Waals surface area contributed by atoms with E-state index in [0.29, 0.717) is 10.7 Å². The van der Waals surface area contributed by atoms with Gasteiger partial charge in [0.2, 0.25) is 0 Å². The van der Waals surface area contributed by atoms with Crippen molar-refractivity contribution < 1.29 is 19.4 Å². The number of benzene rings is 1. The lowest BCUT2D eigenvalue weighted by Gasteiger charge is -2.04. The Morgan fingerprint density at radius 1 is 1.47 bits per heavy atom. The first-order valence-electron chi connectivity index (χ1n) is 3.99. The van der Waals surface area contributed by atoms with Crippen LogP contribution in [0.1, 0.15) is 0 Å². The van der Waals surface area contributed by atoms with Gasteiger partial charge in [0.15, 0.2) is 6.61 Å². The summed E-state index contributed by atoms with van der Waals surface area (Å²) in [4.78, 5) is 21.1. The second-order valence-corrected chi connectivity index (χ2v) is 3.04. The molecular weight excluding hydrogens is 222 g/mol. The third-order valence-corrected chi connectivity index (χ3v) is 1.63. The van der Waals surface area contributed by atoms with E-state index < -0.39 is 18.7 Å². The van der Waals surface area contributed by atoms with Gasteiger partial charge in [0, 0.05) is 10.7 Å². The van der Waals surface area contributed by atoms with E-state index >= 15 is 0 Å². The molecule has 0 unspecified atom stereocenters. The highest BCUT2D eigenvalue weighted by Crippen LogP contribution is 2.14. The van der Waals surface area contributed by atoms with Gasteiger partial charge in [-0.05, 0) is 18.2 Å². The molecule has 1 amide bonds. The summed E-state index contributed by atoms with van der Waals surface area (Å²) in [6.07, 6.45) is -0.834. The molecule has 0 spiro atoms. The van der Waals surface area contributed by atoms with Crippen LogP contribution in [0.2, 0.25) is 5.02 Å². The number of carbonyl (C=O) groups is 2. The van der Waals surface area contributed by atoms with Gasteiger partial charge >= 0.3 is 12.1 Å². The summed E-state index contributed by atoms with van der Waals surface area (Å²) in [5.41, 5.74) is 0.442. The Labute approximate surface area is 90.6 Å². The zero-order chi connectivity index (χ0) is 11.3. The Morgan fingerprint density at radius 3 is 2.80 bits per heavy atom. The number of carboxylic acid groups (broad SMARTS) is 1. The largest absolute Gasteiger partial charge is 0.479 e. The zero-order valence-electron chi connectivity index (χ0n) is 7.57. The highest BCUT2D eigenvalue weighted by atomic mass is 35.5. The van der Waals surface area contributed by atoms with Crippen molar-refractivity contribution in [1.82, 2.24) is 0 Å². The monoisotopic (exact) mass is 229 g/mol. The van der Waals surface area contributed by atoms with E-state index in [1.807, 2.05) is 0 Å². The lowest BCUT2D eigenvalue weighted by molar-refractivity contribution is -0.140. The van der Waals surface area contributed by atoms with Gasteiger partial charge in [-0.3, -0.25) is 5.32 Å². The van der Waals surface area contributed by atoms with Gasteiger partial charge in [0.05, 0.1) is 0 Å². The number of carbonyl (C=O) groups excluding carboxylic acids is 1. The molecule has 0 radical (unpaired) electrons. The maximum absolute atomic E-state index is 11.0. The molecule has 0 saturated carbocycles. The molecule has 6 heteroatoms. The Kier molecular flexibility index (Phi) is 3.93. The molecule has 15 heavy (non-hydrogen) atoms. The lowest BCUT2D eigenvalue weighted by Crippen LogP contribution is -2.18. The maximum atomic E-state index is 11.0. The first kappa shape index (κ1) is 11.3. The Morgan fingerprint density at radius 2 is 2.20 bits per heavy atom. The van der Waals surface area contributed by atoms with Crippen LogP contribution < -0.4 is 5.32 Å². The predicted octanol–water partition coefficient (Wildman–Crippen LogP) is 1.97. The highest BCUT2D eigenvalue weighted by Gasteiger charge is 2.05. The van der Waals surface area contributed by atoms with E-state index in [0.717, 1.165) is 0 Å². The van der Waals surface area contributed by atoms with Gasteiger partial charge in [-0.1, -0.05) is 17.7 Å². The zero-order valence-corrected chi connectivity index (χ0v) is 8.32. The van der Waals surface area contributed by atoms with Gasteiger partial charge in [-0.2, -0.15) is 0 Å². The summed E-state index contributed by atoms with van der Waals surface area (Å²) >= 11 is 5.67. The highest BCUT2D eigenvalue weighted by molar-refractivity contribution is 6.30. The number of hydrogen-bond donors (Lipinski definition) is 2. The molecule has 0 aliphatic heterocycles. The number of hydrogen-bond acceptors (Lipinski definition) is 3. The SMILES string of the molecule is O=C(O)COC(=O)Nc1cccc(Cl)c1. The van der Waals surface area contributed by atoms with Gasteiger partial charge < -0.3 is 9.84 Å². The molecule has 0 fully saturated rings. The number of nitrogens with one attached hydrogen (secondary N) is 1. The number of ether oxygens (including phenoxy) is 1. The van der Waals surface area contributed by atoms with E-state index in [2.05, 4.69) is 10.1 Å². The van der Waals surface area contributed by atoms with Crippen molar-refractivity contribution in [3.05, 3.63) is 29.3 Å². The summed E-state index contributed by atoms with van der Waals surface area (Å²) in [6.45, 7) is -0.674. The van der Waals surface area contributed by atoms with Crippen molar-refractivity contribution in [3.63, 3.8) is 0 Å². The van der Waals surface area contributed by atoms with Crippen LogP contribution in [0.5, 0.6) is 0 Å². The molecule has 0 heterocycles. The molecule has 0 atom stereocenters. The summed E-state index contributed by atoms with van der Waals surface area (Å²) in [7, 11) is 0. The topological polar surface area (TPSA) is 75.6 Å². The molecule has 1 rings (SSSR count). The second kappa shape index (κ2) is 5.21. The van der Waals surface area contributed by atoms with E-state index in [-0.39, 0.29) is 0 Å². The summed E-state index contributed by atoms with van der Waals surface area (Å²) in [5, 5.41) is 11.0. The Hall–Kier alpha value is -1.75. The van der Waals surface area contributed by atoms with E-state index in [1.165, 1.54) is 6.07 Å². The maximum Gasteiger partial charge on any atom is 0.412 e. The Balaban J connectivity index is 2.48. The quantitative estimate of drug-likeness (QED) is 0.831. The predicted molar refractivity (Wildman–Crippen MR) is 54.1 cm³/mol. The lowest BCUT2D eigenvalue weighted by atomic mass is 10.3. The van der Waals surface area contributed by atoms with Crippen molar-refractivity contribution in [3.8, 4) is 0 Å². The van der Waals surface area contributed by atoms with Gasteiger partial charge in [0.1, 0.15) is 0 Å². The second-order valence-electron chi connectivity index (χ2n) is 2.61. The van der Waals surface area contributed by atoms with Crippen LogP contribution in [-0.2, 0) is 9.53 Å². The standard InChI is InChI=1S/C9H8ClNO4/c10-6-2-1-3-7(4-6)11-9(14)15-5-8(12)13/h1-4H,5H2,(H,11,14)(H,12,13). The minimum absolute atomic E-state index is 0.442. The van der Waals surface area contributed by atoms with Crippen molar-refractivity contribution >= 4 is 29.4 Å². The molecule has 0 bridgehead atoms. The number of rotatable bonds is 3. The molecule has 0 aliphatic carbocycles. The molecule has 0 aromatic heterocycles. The first-order chi connectivity index (χ1) is 7.08. The normalized spacial score (nSPS) is 9.40. The fourth-order valence-electron chi connectivity index (χ4n) is 0.847. The van der Waals surface area contributed by atoms with Gasteiger partial charge in [-0.25, -0.2) is 9.59 Å². The van der Waals surface area contributed by atoms with Gasteiger partial charge in [-0.15, -0.1) is 0 Å². The number of amides is 1. The molecular formula is C9H8ClNO4. The smallest absolute Gasteiger partial charge is 0.412 e. The Bertz CT molecular complexity index is 380. The third-order valence-electron chi connectivity index (χ3n) is 1.40. The average molecular weight is 230 g/mol. The molecule has 2 N–H and O–H groups in total. The van der Waals surface area contributed by atoms with Crippen LogP contribution in [0.15, 0.2) is 24.3 Å². The minimum atomic E-state index is -1.21. The fourth-order valence-corrected chi connectivity index (χ4v) is 1.04. The van der Waals surface area contributed by atoms with Crippen LogP contribution in [0.4, 0.5) is 10.5 Å². The number of aliphatic carboxylic acids is 1. The third kappa shape index (κ3) is 4.33. The molecule has 5 nitrogen and oxygen atoms in total. The molecule has 1 aromatic carbocycles. The van der Waals surface area contributed by atoms with Crippen molar-refractivity contribution in [1.29, 1.82) is 0 Å². The van der Waals surface area contributed by atoms with Crippen LogP contribution in [0.25, 0.3) is 0 Å². The molecule has 80 valence electrons. The van der Waals surface area contributed by atoms with E-state index in [4.69, 9.17) is 16.7 Å². The molecule has 0 saturated heterocycles. The summed E-state index contributed by atoms with van der Waals surface area (Å²) in [5.74, 6) is -1.21. The number of carboxylic acids is 1. The van der Waals surface area contributed by atoms with Crippen molar-refractivity contribution in [2.45, 2.75) is 0 Å². The van der Waals surface area contributed by atoms with Crippen molar-refractivity contribution in [2.75, 3.05) is 11.9 Å². The minimum Gasteiger partial charge on any atom is -0.479 e. The van der Waals surface area contributed by atoms with Crippen LogP contribution >= 0.6 is 11.6 Å². The molecule has 0 aliphatic rings.